The van der Waals surface area contributed by atoms with E-state index in [1.807, 2.05) is 5.32 Å². The first-order chi connectivity index (χ1) is 13.2. The topological polar surface area (TPSA) is 130 Å². The van der Waals surface area contributed by atoms with Crippen molar-refractivity contribution in [3.05, 3.63) is 67.0 Å². The highest BCUT2D eigenvalue weighted by Crippen LogP contribution is 2.32. The number of hydrogen-bond donors (Lipinski definition) is 2. The summed E-state index contributed by atoms with van der Waals surface area (Å²) in [6, 6.07) is 5.49. The summed E-state index contributed by atoms with van der Waals surface area (Å²) in [5.41, 5.74) is -1.02. The predicted molar refractivity (Wildman–Crippen MR) is 103 cm³/mol. The van der Waals surface area contributed by atoms with E-state index in [2.05, 4.69) is 0 Å². The number of phenolic OH excluding ortho intramolecular Hbond substituents is 1. The predicted octanol–water partition coefficient (Wildman–Crippen LogP) is 2.71. The number of rotatable bonds is 3. The van der Waals surface area contributed by atoms with Gasteiger partial charge < -0.3 is 5.11 Å². The Balaban J connectivity index is 2.09. The minimum Gasteiger partial charge on any atom is -0.506 e. The molecule has 3 rings (SSSR count). The van der Waals surface area contributed by atoms with Crippen LogP contribution in [0.3, 0.4) is 0 Å². The summed E-state index contributed by atoms with van der Waals surface area (Å²) >= 11 is 1.66. The van der Waals surface area contributed by atoms with Crippen LogP contribution in [0, 0.1) is 19.5 Å². The summed E-state index contributed by atoms with van der Waals surface area (Å²) in [4.78, 5) is 47.9. The molecule has 0 aliphatic carbocycles. The Labute approximate surface area is 169 Å². The van der Waals surface area contributed by atoms with Gasteiger partial charge >= 0.3 is 6.03 Å². The lowest BCUT2D eigenvalue weighted by molar-refractivity contribution is -0.385. The summed E-state index contributed by atoms with van der Waals surface area (Å²) in [5, 5.41) is 23.1. The lowest BCUT2D eigenvalue weighted by Gasteiger charge is -2.26. The molecule has 9 nitrogen and oxygen atoms in total. The summed E-state index contributed by atoms with van der Waals surface area (Å²) in [5.74, 6) is -3.02. The minimum atomic E-state index is -1.03. The summed E-state index contributed by atoms with van der Waals surface area (Å²) in [6.45, 7) is 0. The molecule has 4 amide bonds. The van der Waals surface area contributed by atoms with E-state index in [0.29, 0.717) is 4.90 Å². The van der Waals surface area contributed by atoms with Crippen LogP contribution in [0.4, 0.5) is 20.6 Å². The Kier molecular flexibility index (Phi) is 5.09. The Bertz CT molecular complexity index is 1070. The lowest BCUT2D eigenvalue weighted by atomic mass is 10.1. The standard InChI is InChI=1S/C17H9FIN3O6/c18-9-1-3-10(4-2-9)21-16(25)12(15(24)20-17(21)26)6-8-5-11(22(27)28)7-13(19)14(8)23/h1-7,23H,(H,20,24,26)/b12-6+. The quantitative estimate of drug-likeness (QED) is 0.221. The highest BCUT2D eigenvalue weighted by Gasteiger charge is 2.37. The Morgan fingerprint density at radius 1 is 1.18 bits per heavy atom. The van der Waals surface area contributed by atoms with E-state index >= 15 is 0 Å². The molecule has 2 N–H and O–H groups in total. The van der Waals surface area contributed by atoms with Gasteiger partial charge in [0.2, 0.25) is 0 Å². The number of benzene rings is 2. The van der Waals surface area contributed by atoms with E-state index in [0.717, 1.165) is 30.3 Å². The third-order valence-electron chi connectivity index (χ3n) is 3.77. The number of amides is 4. The molecule has 11 heteroatoms. The number of anilines is 1. The molecule has 142 valence electrons. The molecule has 1 aliphatic heterocycles. The normalized spacial score (nSPS) is 15.7. The highest BCUT2D eigenvalue weighted by atomic mass is 127. The minimum absolute atomic E-state index is 0.0140. The number of non-ortho nitro benzene ring substituents is 1. The number of carbonyl (C=O) groups excluding carboxylic acids is 3. The van der Waals surface area contributed by atoms with Crippen molar-refractivity contribution in [3.63, 3.8) is 0 Å². The van der Waals surface area contributed by atoms with Crippen LogP contribution < -0.4 is 10.2 Å². The number of imide groups is 2. The van der Waals surface area contributed by atoms with Crippen molar-refractivity contribution >= 4 is 57.9 Å². The van der Waals surface area contributed by atoms with Crippen molar-refractivity contribution in [1.82, 2.24) is 5.32 Å². The van der Waals surface area contributed by atoms with Gasteiger partial charge in [0, 0.05) is 17.7 Å². The molecular weight excluding hydrogens is 488 g/mol. The Morgan fingerprint density at radius 3 is 2.43 bits per heavy atom. The smallest absolute Gasteiger partial charge is 0.335 e. The summed E-state index contributed by atoms with van der Waals surface area (Å²) < 4.78 is 13.2. The average molecular weight is 497 g/mol. The van der Waals surface area contributed by atoms with Crippen LogP contribution in [0.2, 0.25) is 0 Å². The summed E-state index contributed by atoms with van der Waals surface area (Å²) in [7, 11) is 0. The van der Waals surface area contributed by atoms with Gasteiger partial charge in [-0.15, -0.1) is 0 Å². The van der Waals surface area contributed by atoms with E-state index in [4.69, 9.17) is 0 Å². The van der Waals surface area contributed by atoms with Crippen molar-refractivity contribution in [2.45, 2.75) is 0 Å². The fraction of sp³-hybridized carbons (Fsp3) is 0. The van der Waals surface area contributed by atoms with Gasteiger partial charge in [-0.05, 0) is 52.9 Å². The first-order valence-corrected chi connectivity index (χ1v) is 8.61. The molecule has 0 saturated carbocycles. The number of barbiturate groups is 1. The average Bonchev–Trinajstić information content (AvgIpc) is 2.63. The maximum absolute atomic E-state index is 13.1. The van der Waals surface area contributed by atoms with Crippen LogP contribution in [0.5, 0.6) is 5.75 Å². The zero-order chi connectivity index (χ0) is 20.6. The molecule has 0 bridgehead atoms. The fourth-order valence-corrected chi connectivity index (χ4v) is 3.09. The number of aromatic hydroxyl groups is 1. The molecule has 2 aromatic carbocycles. The third kappa shape index (κ3) is 3.55. The Hall–Kier alpha value is -3.35. The van der Waals surface area contributed by atoms with E-state index in [-0.39, 0.29) is 26.3 Å². The number of nitrogens with one attached hydrogen (secondary N) is 1. The van der Waals surface area contributed by atoms with Crippen LogP contribution >= 0.6 is 22.6 Å². The van der Waals surface area contributed by atoms with Crippen molar-refractivity contribution in [2.24, 2.45) is 0 Å². The van der Waals surface area contributed by atoms with E-state index in [1.165, 1.54) is 12.1 Å². The second-order valence-corrected chi connectivity index (χ2v) is 6.72. The van der Waals surface area contributed by atoms with Crippen molar-refractivity contribution < 1.29 is 28.8 Å². The molecule has 1 heterocycles. The van der Waals surface area contributed by atoms with Gasteiger partial charge in [0.25, 0.3) is 17.5 Å². The van der Waals surface area contributed by atoms with Crippen molar-refractivity contribution in [2.75, 3.05) is 4.90 Å². The molecular formula is C17H9FIN3O6. The molecule has 0 radical (unpaired) electrons. The molecule has 0 unspecified atom stereocenters. The van der Waals surface area contributed by atoms with Crippen LogP contribution in [-0.2, 0) is 9.59 Å². The molecule has 28 heavy (non-hydrogen) atoms. The summed E-state index contributed by atoms with van der Waals surface area (Å²) in [6.07, 6.45) is 0.950. The maximum Gasteiger partial charge on any atom is 0.335 e. The maximum atomic E-state index is 13.1. The monoisotopic (exact) mass is 497 g/mol. The van der Waals surface area contributed by atoms with Gasteiger partial charge in [-0.1, -0.05) is 0 Å². The Morgan fingerprint density at radius 2 is 1.82 bits per heavy atom. The van der Waals surface area contributed by atoms with Crippen LogP contribution in [0.15, 0.2) is 42.0 Å². The molecule has 1 fully saturated rings. The van der Waals surface area contributed by atoms with Gasteiger partial charge in [0.15, 0.2) is 0 Å². The zero-order valence-electron chi connectivity index (χ0n) is 13.7. The van der Waals surface area contributed by atoms with E-state index in [1.54, 1.807) is 22.6 Å². The SMILES string of the molecule is O=C1NC(=O)N(c2ccc(F)cc2)C(=O)/C1=C/c1cc([N+](=O)[O-])cc(I)c1O. The van der Waals surface area contributed by atoms with Crippen molar-refractivity contribution in [3.8, 4) is 5.75 Å². The number of nitro groups is 1. The van der Waals surface area contributed by atoms with E-state index in [9.17, 15) is 34.0 Å². The molecule has 1 aliphatic rings. The molecule has 0 atom stereocenters. The fourth-order valence-electron chi connectivity index (χ4n) is 2.46. The third-order valence-corrected chi connectivity index (χ3v) is 4.60. The lowest BCUT2D eigenvalue weighted by Crippen LogP contribution is -2.54. The number of phenols is 1. The van der Waals surface area contributed by atoms with Crippen LogP contribution in [0.1, 0.15) is 5.56 Å². The van der Waals surface area contributed by atoms with Gasteiger partial charge in [-0.3, -0.25) is 25.0 Å². The molecule has 0 aromatic heterocycles. The number of halogens is 2. The van der Waals surface area contributed by atoms with Gasteiger partial charge in [-0.25, -0.2) is 14.1 Å². The zero-order valence-corrected chi connectivity index (χ0v) is 15.8. The number of nitrogens with zero attached hydrogens (tertiary/aromatic N) is 2. The van der Waals surface area contributed by atoms with Gasteiger partial charge in [-0.2, -0.15) is 0 Å². The second-order valence-electron chi connectivity index (χ2n) is 5.56. The first-order valence-electron chi connectivity index (χ1n) is 7.53. The molecule has 0 spiro atoms. The number of nitro benzene ring substituents is 1. The van der Waals surface area contributed by atoms with Gasteiger partial charge in [0.1, 0.15) is 17.1 Å². The van der Waals surface area contributed by atoms with Crippen LogP contribution in [0.25, 0.3) is 6.08 Å². The highest BCUT2D eigenvalue weighted by molar-refractivity contribution is 14.1. The van der Waals surface area contributed by atoms with E-state index < -0.39 is 34.2 Å². The first kappa shape index (κ1) is 19.4. The molecule has 2 aromatic rings. The number of urea groups is 1. The van der Waals surface area contributed by atoms with Crippen molar-refractivity contribution in [1.29, 1.82) is 0 Å². The number of carbonyl (C=O) groups is 3. The van der Waals surface area contributed by atoms with Gasteiger partial charge in [0.05, 0.1) is 14.2 Å². The number of hydrogen-bond acceptors (Lipinski definition) is 6. The largest absolute Gasteiger partial charge is 0.506 e. The second kappa shape index (κ2) is 7.34. The van der Waals surface area contributed by atoms with Crippen LogP contribution in [-0.4, -0.2) is 27.9 Å². The molecule has 1 saturated heterocycles.